The quantitative estimate of drug-likeness (QED) is 0.365. The van der Waals surface area contributed by atoms with E-state index in [1.807, 2.05) is 18.2 Å². The maximum absolute atomic E-state index is 3.24. The SMILES string of the molecule is [C-]1=CCNc2ccccc21.[Na+]. The minimum atomic E-state index is 0. The maximum Gasteiger partial charge on any atom is 1.00 e. The molecule has 2 heteroatoms. The molecule has 0 fully saturated rings. The Balaban J connectivity index is 0.000000605. The number of benzene rings is 1. The first kappa shape index (κ1) is 8.85. The second kappa shape index (κ2) is 3.96. The van der Waals surface area contributed by atoms with Crippen LogP contribution in [0.3, 0.4) is 0 Å². The third kappa shape index (κ3) is 1.86. The Kier molecular flexibility index (Phi) is 3.18. The number of para-hydroxylation sites is 1. The van der Waals surface area contributed by atoms with Crippen LogP contribution in [0, 0.1) is 6.08 Å². The molecule has 1 aliphatic heterocycles. The molecule has 1 nitrogen and oxygen atoms in total. The fourth-order valence-corrected chi connectivity index (χ4v) is 1.09. The zero-order chi connectivity index (χ0) is 6.81. The van der Waals surface area contributed by atoms with E-state index in [0.717, 1.165) is 12.1 Å². The molecule has 1 aromatic carbocycles. The van der Waals surface area contributed by atoms with Crippen molar-refractivity contribution in [3.63, 3.8) is 0 Å². The van der Waals surface area contributed by atoms with Crippen molar-refractivity contribution in [3.8, 4) is 0 Å². The topological polar surface area (TPSA) is 12.0 Å². The van der Waals surface area contributed by atoms with Crippen LogP contribution in [0.25, 0.3) is 0 Å². The van der Waals surface area contributed by atoms with Gasteiger partial charge in [0.15, 0.2) is 0 Å². The summed E-state index contributed by atoms with van der Waals surface area (Å²) >= 11 is 0. The van der Waals surface area contributed by atoms with Crippen LogP contribution in [0.1, 0.15) is 5.56 Å². The van der Waals surface area contributed by atoms with Gasteiger partial charge in [0.25, 0.3) is 0 Å². The Bertz CT molecular complexity index is 268. The molecule has 0 bridgehead atoms. The number of nitrogens with one attached hydrogen (secondary N) is 1. The summed E-state index contributed by atoms with van der Waals surface area (Å²) in [6.45, 7) is 0.900. The van der Waals surface area contributed by atoms with E-state index < -0.39 is 0 Å². The van der Waals surface area contributed by atoms with Crippen LogP contribution in [0.5, 0.6) is 0 Å². The number of fused-ring (bicyclic) bond motifs is 1. The van der Waals surface area contributed by atoms with Gasteiger partial charge in [-0.1, -0.05) is 17.8 Å². The molecular weight excluding hydrogens is 145 g/mol. The van der Waals surface area contributed by atoms with Gasteiger partial charge in [-0.15, -0.1) is 12.1 Å². The van der Waals surface area contributed by atoms with E-state index in [1.54, 1.807) is 0 Å². The van der Waals surface area contributed by atoms with Gasteiger partial charge >= 0.3 is 29.6 Å². The van der Waals surface area contributed by atoms with Crippen molar-refractivity contribution in [2.75, 3.05) is 11.9 Å². The van der Waals surface area contributed by atoms with Gasteiger partial charge in [0.2, 0.25) is 0 Å². The maximum atomic E-state index is 3.24. The summed E-state index contributed by atoms with van der Waals surface area (Å²) in [6, 6.07) is 8.17. The molecule has 50 valence electrons. The fraction of sp³-hybridized carbons (Fsp3) is 0.111. The molecule has 0 aliphatic carbocycles. The summed E-state index contributed by atoms with van der Waals surface area (Å²) in [4.78, 5) is 0. The molecule has 1 aliphatic rings. The first-order chi connectivity index (χ1) is 4.97. The van der Waals surface area contributed by atoms with E-state index in [1.165, 1.54) is 5.69 Å². The molecule has 11 heavy (non-hydrogen) atoms. The van der Waals surface area contributed by atoms with Crippen LogP contribution in [0.4, 0.5) is 5.69 Å². The van der Waals surface area contributed by atoms with Gasteiger partial charge in [-0.25, -0.2) is 0 Å². The standard InChI is InChI=1S/C9H8N.Na/c1-2-6-9-8(4-1)5-3-7-10-9;/h1-4,6,10H,7H2;/q-1;+1. The van der Waals surface area contributed by atoms with Crippen molar-refractivity contribution in [1.29, 1.82) is 0 Å². The van der Waals surface area contributed by atoms with Gasteiger partial charge in [-0.2, -0.15) is 17.7 Å². The Hall–Kier alpha value is -0.240. The van der Waals surface area contributed by atoms with Crippen LogP contribution in [-0.4, -0.2) is 6.54 Å². The third-order valence-corrected chi connectivity index (χ3v) is 1.58. The summed E-state index contributed by atoms with van der Waals surface area (Å²) in [5.41, 5.74) is 2.35. The van der Waals surface area contributed by atoms with Crippen molar-refractivity contribution in [3.05, 3.63) is 42.0 Å². The van der Waals surface area contributed by atoms with Gasteiger partial charge in [0, 0.05) is 6.54 Å². The molecule has 1 heterocycles. The molecule has 0 unspecified atom stereocenters. The summed E-state index contributed by atoms with van der Waals surface area (Å²) in [6.07, 6.45) is 5.18. The first-order valence-corrected chi connectivity index (χ1v) is 3.38. The van der Waals surface area contributed by atoms with Gasteiger partial charge < -0.3 is 5.32 Å². The summed E-state index contributed by atoms with van der Waals surface area (Å²) < 4.78 is 0. The van der Waals surface area contributed by atoms with Gasteiger partial charge in [-0.3, -0.25) is 0 Å². The average Bonchev–Trinajstić information content (AvgIpc) is 2.05. The van der Waals surface area contributed by atoms with Crippen molar-refractivity contribution in [2.24, 2.45) is 0 Å². The number of rotatable bonds is 0. The van der Waals surface area contributed by atoms with Gasteiger partial charge in [0.1, 0.15) is 0 Å². The Labute approximate surface area is 88.8 Å². The van der Waals surface area contributed by atoms with E-state index in [-0.39, 0.29) is 29.6 Å². The second-order valence-corrected chi connectivity index (χ2v) is 2.27. The summed E-state index contributed by atoms with van der Waals surface area (Å²) in [5.74, 6) is 0. The molecule has 2 rings (SSSR count). The molecule has 0 saturated carbocycles. The zero-order valence-corrected chi connectivity index (χ0v) is 8.59. The van der Waals surface area contributed by atoms with Crippen LogP contribution in [0.2, 0.25) is 0 Å². The van der Waals surface area contributed by atoms with E-state index in [4.69, 9.17) is 0 Å². The summed E-state index contributed by atoms with van der Waals surface area (Å²) in [7, 11) is 0. The van der Waals surface area contributed by atoms with Crippen molar-refractivity contribution < 1.29 is 29.6 Å². The molecule has 0 amide bonds. The van der Waals surface area contributed by atoms with Crippen LogP contribution in [-0.2, 0) is 0 Å². The third-order valence-electron chi connectivity index (χ3n) is 1.58. The van der Waals surface area contributed by atoms with Gasteiger partial charge in [-0.05, 0) is 0 Å². The average molecular weight is 153 g/mol. The van der Waals surface area contributed by atoms with Crippen LogP contribution >= 0.6 is 0 Å². The summed E-state index contributed by atoms with van der Waals surface area (Å²) in [5, 5.41) is 3.24. The predicted molar refractivity (Wildman–Crippen MR) is 41.8 cm³/mol. The normalized spacial score (nSPS) is 12.7. The minimum Gasteiger partial charge on any atom is -0.434 e. The number of hydrogen-bond acceptors (Lipinski definition) is 1. The largest absolute Gasteiger partial charge is 1.00 e. The fourth-order valence-electron chi connectivity index (χ4n) is 1.09. The molecule has 0 saturated heterocycles. The van der Waals surface area contributed by atoms with Crippen LogP contribution in [0.15, 0.2) is 30.3 Å². The minimum absolute atomic E-state index is 0. The van der Waals surface area contributed by atoms with Crippen LogP contribution < -0.4 is 34.9 Å². The van der Waals surface area contributed by atoms with Crippen molar-refractivity contribution in [2.45, 2.75) is 0 Å². The van der Waals surface area contributed by atoms with E-state index in [2.05, 4.69) is 23.5 Å². The molecular formula is C9H8NNa. The second-order valence-electron chi connectivity index (χ2n) is 2.27. The zero-order valence-electron chi connectivity index (χ0n) is 6.59. The molecule has 0 radical (unpaired) electrons. The Morgan fingerprint density at radius 3 is 2.91 bits per heavy atom. The Morgan fingerprint density at radius 1 is 1.27 bits per heavy atom. The number of hydrogen-bond donors (Lipinski definition) is 1. The first-order valence-electron chi connectivity index (χ1n) is 3.38. The molecule has 0 spiro atoms. The predicted octanol–water partition coefficient (Wildman–Crippen LogP) is -1.18. The molecule has 0 aromatic heterocycles. The van der Waals surface area contributed by atoms with Crippen molar-refractivity contribution >= 4 is 5.69 Å². The smallest absolute Gasteiger partial charge is 0.434 e. The van der Waals surface area contributed by atoms with Crippen molar-refractivity contribution in [1.82, 2.24) is 0 Å². The Morgan fingerprint density at radius 2 is 2.09 bits per heavy atom. The van der Waals surface area contributed by atoms with E-state index in [9.17, 15) is 0 Å². The molecule has 1 N–H and O–H groups in total. The molecule has 1 aromatic rings. The monoisotopic (exact) mass is 153 g/mol. The van der Waals surface area contributed by atoms with Gasteiger partial charge in [0.05, 0.1) is 0 Å². The molecule has 0 atom stereocenters. The number of anilines is 1. The van der Waals surface area contributed by atoms with E-state index >= 15 is 0 Å². The van der Waals surface area contributed by atoms with E-state index in [0.29, 0.717) is 0 Å².